The second-order valence-corrected chi connectivity index (χ2v) is 6.79. The van der Waals surface area contributed by atoms with Gasteiger partial charge in [-0.25, -0.2) is 0 Å². The molecule has 1 heterocycles. The van der Waals surface area contributed by atoms with Crippen molar-refractivity contribution in [2.45, 2.75) is 16.7 Å². The van der Waals surface area contributed by atoms with Crippen molar-refractivity contribution >= 4 is 40.0 Å². The van der Waals surface area contributed by atoms with Crippen molar-refractivity contribution in [1.29, 1.82) is 0 Å². The first-order chi connectivity index (χ1) is 9.40. The third-order valence-electron chi connectivity index (χ3n) is 3.31. The maximum atomic E-state index is 2.55. The largest absolute Gasteiger partial charge is 0.354 e. The van der Waals surface area contributed by atoms with Gasteiger partial charge in [-0.3, -0.25) is 0 Å². The van der Waals surface area contributed by atoms with Gasteiger partial charge < -0.3 is 4.90 Å². The van der Waals surface area contributed by atoms with Crippen molar-refractivity contribution in [3.8, 4) is 0 Å². The van der Waals surface area contributed by atoms with Crippen molar-refractivity contribution in [1.82, 2.24) is 0 Å². The molecule has 0 saturated carbocycles. The summed E-state index contributed by atoms with van der Waals surface area (Å²) in [6, 6.07) is 19.6. The molecule has 3 heteroatoms. The molecular weight excluding hydrogens is 365 g/mol. The van der Waals surface area contributed by atoms with Crippen molar-refractivity contribution in [3.05, 3.63) is 60.2 Å². The number of hydrogen-bond donors (Lipinski definition) is 0. The first-order valence-electron chi connectivity index (χ1n) is 6.53. The van der Waals surface area contributed by atoms with E-state index in [2.05, 4.69) is 82.1 Å². The van der Waals surface area contributed by atoms with Crippen LogP contribution in [0.15, 0.2) is 59.5 Å². The Morgan fingerprint density at radius 3 is 2.53 bits per heavy atom. The van der Waals surface area contributed by atoms with Gasteiger partial charge in [-0.05, 0) is 24.1 Å². The Hall–Kier alpha value is -0.680. The zero-order valence-corrected chi connectivity index (χ0v) is 13.6. The molecule has 19 heavy (non-hydrogen) atoms. The standard InChI is InChI=1S/C16H16INS/c17-11-6-12-18-14-9-4-5-10-15(14)19-16(18)13-7-2-1-3-8-13/h1-5,7-10,16H,6,11-12H2. The molecule has 1 aliphatic rings. The molecule has 0 spiro atoms. The molecule has 0 amide bonds. The van der Waals surface area contributed by atoms with E-state index in [9.17, 15) is 0 Å². The van der Waals surface area contributed by atoms with Gasteiger partial charge in [0.1, 0.15) is 5.37 Å². The summed E-state index contributed by atoms with van der Waals surface area (Å²) < 4.78 is 1.21. The van der Waals surface area contributed by atoms with Crippen molar-refractivity contribution in [2.75, 3.05) is 15.9 Å². The van der Waals surface area contributed by atoms with Gasteiger partial charge in [-0.1, -0.05) is 76.8 Å². The Morgan fingerprint density at radius 2 is 1.74 bits per heavy atom. The van der Waals surface area contributed by atoms with Crippen LogP contribution in [-0.4, -0.2) is 11.0 Å². The molecule has 0 aromatic heterocycles. The minimum Gasteiger partial charge on any atom is -0.354 e. The second-order valence-electron chi connectivity index (χ2n) is 4.58. The summed E-state index contributed by atoms with van der Waals surface area (Å²) in [4.78, 5) is 3.96. The van der Waals surface area contributed by atoms with Crippen LogP contribution in [0.4, 0.5) is 5.69 Å². The number of nitrogens with zero attached hydrogens (tertiary/aromatic N) is 1. The Kier molecular flexibility index (Phi) is 4.33. The summed E-state index contributed by atoms with van der Waals surface area (Å²) >= 11 is 4.43. The van der Waals surface area contributed by atoms with Gasteiger partial charge in [-0.15, -0.1) is 0 Å². The molecule has 0 radical (unpaired) electrons. The highest BCUT2D eigenvalue weighted by atomic mass is 127. The van der Waals surface area contributed by atoms with Crippen LogP contribution in [0.5, 0.6) is 0 Å². The van der Waals surface area contributed by atoms with Crippen LogP contribution in [0.1, 0.15) is 17.4 Å². The van der Waals surface area contributed by atoms with E-state index in [1.807, 2.05) is 11.8 Å². The van der Waals surface area contributed by atoms with Crippen LogP contribution >= 0.6 is 34.4 Å². The van der Waals surface area contributed by atoms with Crippen LogP contribution in [0.25, 0.3) is 0 Å². The van der Waals surface area contributed by atoms with E-state index in [1.54, 1.807) is 0 Å². The average Bonchev–Trinajstić information content (AvgIpc) is 2.85. The number of alkyl halides is 1. The second kappa shape index (κ2) is 6.18. The number of para-hydroxylation sites is 1. The van der Waals surface area contributed by atoms with Crippen molar-refractivity contribution in [2.24, 2.45) is 0 Å². The molecule has 1 aliphatic heterocycles. The fraction of sp³-hybridized carbons (Fsp3) is 0.250. The highest BCUT2D eigenvalue weighted by Gasteiger charge is 2.30. The number of fused-ring (bicyclic) bond motifs is 1. The fourth-order valence-corrected chi connectivity index (χ4v) is 4.12. The number of halogens is 1. The van der Waals surface area contributed by atoms with Crippen LogP contribution in [0.3, 0.4) is 0 Å². The zero-order chi connectivity index (χ0) is 13.1. The number of thioether (sulfide) groups is 1. The molecule has 1 nitrogen and oxygen atoms in total. The maximum absolute atomic E-state index is 2.55. The van der Waals surface area contributed by atoms with E-state index in [0.717, 1.165) is 6.54 Å². The van der Waals surface area contributed by atoms with E-state index in [4.69, 9.17) is 0 Å². The molecule has 98 valence electrons. The summed E-state index contributed by atoms with van der Waals surface area (Å²) in [5.74, 6) is 0. The van der Waals surface area contributed by atoms with Gasteiger partial charge >= 0.3 is 0 Å². The summed E-state index contributed by atoms with van der Waals surface area (Å²) in [6.45, 7) is 1.13. The maximum Gasteiger partial charge on any atom is 0.105 e. The highest BCUT2D eigenvalue weighted by molar-refractivity contribution is 14.1. The molecule has 0 fully saturated rings. The summed E-state index contributed by atoms with van der Waals surface area (Å²) in [5.41, 5.74) is 2.79. The monoisotopic (exact) mass is 381 g/mol. The van der Waals surface area contributed by atoms with Crippen LogP contribution in [0.2, 0.25) is 0 Å². The van der Waals surface area contributed by atoms with Gasteiger partial charge in [0.15, 0.2) is 0 Å². The third kappa shape index (κ3) is 2.77. The lowest BCUT2D eigenvalue weighted by atomic mass is 10.2. The SMILES string of the molecule is ICCCN1c2ccccc2SC1c1ccccc1. The van der Waals surface area contributed by atoms with Crippen molar-refractivity contribution in [3.63, 3.8) is 0 Å². The predicted octanol–water partition coefficient (Wildman–Crippen LogP) is 5.12. The number of hydrogen-bond acceptors (Lipinski definition) is 2. The molecule has 0 N–H and O–H groups in total. The van der Waals surface area contributed by atoms with Crippen LogP contribution < -0.4 is 4.90 Å². The molecule has 2 aromatic rings. The predicted molar refractivity (Wildman–Crippen MR) is 92.3 cm³/mol. The molecule has 3 rings (SSSR count). The van der Waals surface area contributed by atoms with E-state index in [1.165, 1.54) is 27.0 Å². The number of benzene rings is 2. The first-order valence-corrected chi connectivity index (χ1v) is 8.94. The summed E-state index contributed by atoms with van der Waals surface area (Å²) in [6.07, 6.45) is 1.23. The van der Waals surface area contributed by atoms with E-state index >= 15 is 0 Å². The minimum absolute atomic E-state index is 0.432. The topological polar surface area (TPSA) is 3.24 Å². The number of anilines is 1. The Labute approximate surface area is 132 Å². The fourth-order valence-electron chi connectivity index (χ4n) is 2.44. The Bertz CT molecular complexity index is 543. The highest BCUT2D eigenvalue weighted by Crippen LogP contribution is 2.50. The van der Waals surface area contributed by atoms with Gasteiger partial charge in [-0.2, -0.15) is 0 Å². The Balaban J connectivity index is 1.93. The molecule has 0 bridgehead atoms. The zero-order valence-electron chi connectivity index (χ0n) is 10.6. The van der Waals surface area contributed by atoms with Gasteiger partial charge in [0.2, 0.25) is 0 Å². The number of rotatable bonds is 4. The lowest BCUT2D eigenvalue weighted by Crippen LogP contribution is -2.24. The van der Waals surface area contributed by atoms with Crippen LogP contribution in [0, 0.1) is 0 Å². The lowest BCUT2D eigenvalue weighted by Gasteiger charge is -2.26. The van der Waals surface area contributed by atoms with Gasteiger partial charge in [0.05, 0.1) is 5.69 Å². The quantitative estimate of drug-likeness (QED) is 0.534. The van der Waals surface area contributed by atoms with E-state index < -0.39 is 0 Å². The smallest absolute Gasteiger partial charge is 0.105 e. The molecule has 0 saturated heterocycles. The van der Waals surface area contributed by atoms with E-state index in [-0.39, 0.29) is 0 Å². The minimum atomic E-state index is 0.432. The third-order valence-corrected chi connectivity index (χ3v) is 5.43. The normalized spacial score (nSPS) is 17.5. The van der Waals surface area contributed by atoms with Crippen LogP contribution in [-0.2, 0) is 0 Å². The summed E-state index contributed by atoms with van der Waals surface area (Å²) in [5, 5.41) is 0.432. The van der Waals surface area contributed by atoms with Crippen molar-refractivity contribution < 1.29 is 0 Å². The summed E-state index contributed by atoms with van der Waals surface area (Å²) in [7, 11) is 0. The van der Waals surface area contributed by atoms with Gasteiger partial charge in [0.25, 0.3) is 0 Å². The van der Waals surface area contributed by atoms with Gasteiger partial charge in [0, 0.05) is 15.9 Å². The molecule has 2 aromatic carbocycles. The molecule has 1 unspecified atom stereocenters. The van der Waals surface area contributed by atoms with E-state index in [0.29, 0.717) is 5.37 Å². The first kappa shape index (κ1) is 13.3. The Morgan fingerprint density at radius 1 is 1.00 bits per heavy atom. The molecular formula is C16H16INS. The molecule has 0 aliphatic carbocycles. The molecule has 1 atom stereocenters. The average molecular weight is 381 g/mol. The lowest BCUT2D eigenvalue weighted by molar-refractivity contribution is 0.771.